The zero-order valence-corrected chi connectivity index (χ0v) is 39.7. The Bertz CT molecular complexity index is 2530. The molecule has 0 bridgehead atoms. The fraction of sp³-hybridized carbons (Fsp3) is 0.426. The van der Waals surface area contributed by atoms with Crippen molar-refractivity contribution in [2.45, 2.75) is 65.8 Å². The number of anilines is 2. The van der Waals surface area contributed by atoms with Gasteiger partial charge in [-0.1, -0.05) is 61.4 Å². The molecule has 7 rings (SSSR count). The molecule has 4 aromatic carbocycles. The van der Waals surface area contributed by atoms with Crippen molar-refractivity contribution < 1.29 is 39.5 Å². The third-order valence-corrected chi connectivity index (χ3v) is 16.5. The number of amides is 1. The number of alkyl halides is 3. The molecule has 1 amide bonds. The number of sulfone groups is 1. The summed E-state index contributed by atoms with van der Waals surface area (Å²) >= 11 is 7.64. The maximum absolute atomic E-state index is 14.2. The van der Waals surface area contributed by atoms with Crippen LogP contribution >= 0.6 is 23.4 Å². The van der Waals surface area contributed by atoms with Gasteiger partial charge in [0, 0.05) is 85.3 Å². The molecule has 4 aromatic rings. The van der Waals surface area contributed by atoms with E-state index in [4.69, 9.17) is 16.3 Å². The van der Waals surface area contributed by atoms with E-state index in [2.05, 4.69) is 46.0 Å². The van der Waals surface area contributed by atoms with Gasteiger partial charge in [-0.15, -0.1) is 11.8 Å². The van der Waals surface area contributed by atoms with Crippen molar-refractivity contribution in [3.63, 3.8) is 0 Å². The summed E-state index contributed by atoms with van der Waals surface area (Å²) in [6.07, 6.45) is 3.60. The Hall–Kier alpha value is -4.10. The molecule has 2 heterocycles. The first-order chi connectivity index (χ1) is 30.9. The van der Waals surface area contributed by atoms with Gasteiger partial charge in [0.25, 0.3) is 25.8 Å². The van der Waals surface area contributed by atoms with Crippen LogP contribution < -0.4 is 14.9 Å². The average molecular weight is 975 g/mol. The number of allylic oxidation sites excluding steroid dienone is 1. The number of carbonyl (C=O) groups excluding carboxylic acids is 1. The normalized spacial score (nSPS) is 18.3. The van der Waals surface area contributed by atoms with Crippen molar-refractivity contribution in [2.24, 2.45) is 5.41 Å². The fourth-order valence-electron chi connectivity index (χ4n) is 8.49. The predicted octanol–water partition coefficient (Wildman–Crippen LogP) is 8.83. The highest BCUT2D eigenvalue weighted by molar-refractivity contribution is 7.99. The highest BCUT2D eigenvalue weighted by Gasteiger charge is 2.48. The number of thioether (sulfide) groups is 1. The summed E-state index contributed by atoms with van der Waals surface area (Å²) in [5, 5.41) is 3.71. The minimum absolute atomic E-state index is 0.00186. The second kappa shape index (κ2) is 20.8. The molecule has 0 unspecified atom stereocenters. The second-order valence-corrected chi connectivity index (χ2v) is 22.6. The van der Waals surface area contributed by atoms with Crippen LogP contribution in [0, 0.1) is 5.41 Å². The van der Waals surface area contributed by atoms with E-state index in [1.807, 2.05) is 47.2 Å². The van der Waals surface area contributed by atoms with E-state index < -0.39 is 52.8 Å². The van der Waals surface area contributed by atoms with Crippen LogP contribution in [0.15, 0.2) is 117 Å². The lowest BCUT2D eigenvalue weighted by Gasteiger charge is -2.39. The number of morpholine rings is 1. The Morgan fingerprint density at radius 3 is 2.20 bits per heavy atom. The topological polar surface area (TPSA) is 128 Å². The first-order valence-corrected chi connectivity index (χ1v) is 26.0. The summed E-state index contributed by atoms with van der Waals surface area (Å²) < 4.78 is 103. The highest BCUT2D eigenvalue weighted by atomic mass is 35.5. The van der Waals surface area contributed by atoms with Crippen molar-refractivity contribution in [3.8, 4) is 0 Å². The lowest BCUT2D eigenvalue weighted by atomic mass is 9.73. The summed E-state index contributed by atoms with van der Waals surface area (Å²) in [5.41, 5.74) is -1.01. The van der Waals surface area contributed by atoms with Crippen molar-refractivity contribution in [1.29, 1.82) is 0 Å². The van der Waals surface area contributed by atoms with Crippen LogP contribution in [0.4, 0.5) is 24.5 Å². The van der Waals surface area contributed by atoms with Gasteiger partial charge in [0.15, 0.2) is 0 Å². The summed E-state index contributed by atoms with van der Waals surface area (Å²) in [6, 6.07) is 25.8. The zero-order valence-electron chi connectivity index (χ0n) is 36.4. The van der Waals surface area contributed by atoms with Crippen LogP contribution in [0.3, 0.4) is 0 Å². The Labute approximate surface area is 389 Å². The van der Waals surface area contributed by atoms with Crippen LogP contribution in [0.25, 0.3) is 5.57 Å². The molecular formula is C47H55ClF3N5O6S3. The number of sulfonamides is 1. The van der Waals surface area contributed by atoms with E-state index >= 15 is 0 Å². The Morgan fingerprint density at radius 2 is 1.54 bits per heavy atom. The number of ether oxygens (including phenoxy) is 1. The molecule has 0 aromatic heterocycles. The summed E-state index contributed by atoms with van der Waals surface area (Å²) in [5.74, 6) is -0.653. The number of benzene rings is 4. The Balaban J connectivity index is 1.02. The molecule has 2 saturated heterocycles. The van der Waals surface area contributed by atoms with E-state index in [1.165, 1.54) is 40.6 Å². The monoisotopic (exact) mass is 973 g/mol. The van der Waals surface area contributed by atoms with E-state index in [0.717, 1.165) is 74.7 Å². The third-order valence-electron chi connectivity index (χ3n) is 12.2. The highest BCUT2D eigenvalue weighted by Crippen LogP contribution is 2.43. The predicted molar refractivity (Wildman–Crippen MR) is 252 cm³/mol. The maximum Gasteiger partial charge on any atom is 0.501 e. The van der Waals surface area contributed by atoms with Crippen molar-refractivity contribution >= 4 is 66.1 Å². The van der Waals surface area contributed by atoms with Crippen molar-refractivity contribution in [3.05, 3.63) is 119 Å². The largest absolute Gasteiger partial charge is 0.501 e. The molecule has 18 heteroatoms. The molecule has 2 aliphatic heterocycles. The Morgan fingerprint density at radius 1 is 0.862 bits per heavy atom. The van der Waals surface area contributed by atoms with Gasteiger partial charge in [-0.3, -0.25) is 14.6 Å². The lowest BCUT2D eigenvalue weighted by molar-refractivity contribution is -0.0435. The minimum atomic E-state index is -6.05. The maximum atomic E-state index is 14.2. The van der Waals surface area contributed by atoms with Gasteiger partial charge in [0.2, 0.25) is 0 Å². The third kappa shape index (κ3) is 12.7. The number of carbonyl (C=O) groups is 1. The van der Waals surface area contributed by atoms with Gasteiger partial charge in [0.05, 0.1) is 23.8 Å². The molecule has 0 saturated carbocycles. The van der Waals surface area contributed by atoms with Crippen LogP contribution in [0.5, 0.6) is 0 Å². The lowest BCUT2D eigenvalue weighted by Crippen LogP contribution is -2.47. The van der Waals surface area contributed by atoms with Crippen molar-refractivity contribution in [1.82, 2.24) is 14.5 Å². The molecule has 1 aliphatic carbocycles. The molecule has 350 valence electrons. The fourth-order valence-corrected chi connectivity index (χ4v) is 11.6. The molecular weight excluding hydrogens is 919 g/mol. The minimum Gasteiger partial charge on any atom is -0.380 e. The molecule has 2 fully saturated rings. The van der Waals surface area contributed by atoms with Crippen molar-refractivity contribution in [2.75, 3.05) is 81.5 Å². The van der Waals surface area contributed by atoms with Crippen LogP contribution in [-0.4, -0.2) is 115 Å². The SMILES string of the molecule is CC1(C)CCC(c2ccc(Cl)cc2)=C(CN2CCN(c3ccc(C(=O)NS(=O)(=O)c4ccc(N[C@@H](CCN5CCOCC5)CSc5ccccc5)c(S(=O)(=O)C(F)(F)F)c4)cc3)CC2)C1. The summed E-state index contributed by atoms with van der Waals surface area (Å²) in [6.45, 7) is 11.6. The second-order valence-electron chi connectivity index (χ2n) is 17.5. The van der Waals surface area contributed by atoms with E-state index in [1.54, 1.807) is 12.1 Å². The summed E-state index contributed by atoms with van der Waals surface area (Å²) in [7, 11) is -10.9. The average Bonchev–Trinajstić information content (AvgIpc) is 3.28. The quantitative estimate of drug-likeness (QED) is 0.105. The van der Waals surface area contributed by atoms with Gasteiger partial charge >= 0.3 is 5.51 Å². The molecule has 11 nitrogen and oxygen atoms in total. The van der Waals surface area contributed by atoms with Gasteiger partial charge in [-0.2, -0.15) is 13.2 Å². The summed E-state index contributed by atoms with van der Waals surface area (Å²) in [4.78, 5) is 19.0. The molecule has 65 heavy (non-hydrogen) atoms. The first-order valence-electron chi connectivity index (χ1n) is 21.7. The number of hydrogen-bond acceptors (Lipinski definition) is 11. The van der Waals surface area contributed by atoms with Crippen LogP contribution in [0.1, 0.15) is 55.5 Å². The molecule has 0 radical (unpaired) electrons. The zero-order chi connectivity index (χ0) is 46.4. The number of nitrogens with one attached hydrogen (secondary N) is 2. The standard InChI is InChI=1S/C47H55ClF3N5O6S3/c1-46(2)20-18-42(34-8-12-37(48)13-9-34)36(31-46)32-55-22-24-56(25-23-55)39-14-10-35(11-15-39)45(57)53-65(60,61)41-16-17-43(44(30-41)64(58,59)47(49,50)51)52-38(19-21-54-26-28-62-29-27-54)33-63-40-6-4-3-5-7-40/h3-17,30,38,52H,18-29,31-33H2,1-2H3,(H,53,57)/t38-/m0/s1. The van der Waals surface area contributed by atoms with Crippen LogP contribution in [-0.2, 0) is 24.6 Å². The number of halogens is 4. The molecule has 2 N–H and O–H groups in total. The van der Waals surface area contributed by atoms with Gasteiger partial charge in [-0.25, -0.2) is 21.6 Å². The number of rotatable bonds is 16. The van der Waals surface area contributed by atoms with E-state index in [9.17, 15) is 34.8 Å². The number of piperazine rings is 1. The van der Waals surface area contributed by atoms with Gasteiger partial charge < -0.3 is 15.0 Å². The molecule has 0 spiro atoms. The van der Waals surface area contributed by atoms with E-state index in [-0.39, 0.29) is 11.0 Å². The first kappa shape index (κ1) is 48.8. The number of hydrogen-bond donors (Lipinski definition) is 2. The Kier molecular flexibility index (Phi) is 15.6. The smallest absolute Gasteiger partial charge is 0.380 e. The van der Waals surface area contributed by atoms with Gasteiger partial charge in [0.1, 0.15) is 4.90 Å². The van der Waals surface area contributed by atoms with Crippen LogP contribution in [0.2, 0.25) is 5.02 Å². The molecule has 3 aliphatic rings. The van der Waals surface area contributed by atoms with E-state index in [0.29, 0.717) is 56.1 Å². The number of nitrogens with zero attached hydrogens (tertiary/aromatic N) is 3. The van der Waals surface area contributed by atoms with Gasteiger partial charge in [-0.05, 0) is 109 Å². The molecule has 1 atom stereocenters.